The molecule has 2 aromatic rings. The SMILES string of the molecule is O=C(CC1COCCN1)N(Cc1cccs1)Cc1cccs1. The van der Waals surface area contributed by atoms with Crippen LogP contribution in [0.15, 0.2) is 35.0 Å². The Labute approximate surface area is 138 Å². The highest BCUT2D eigenvalue weighted by Gasteiger charge is 2.22. The Bertz CT molecular complexity index is 527. The molecule has 0 bridgehead atoms. The summed E-state index contributed by atoms with van der Waals surface area (Å²) in [4.78, 5) is 17.1. The molecule has 2 aromatic heterocycles. The van der Waals surface area contributed by atoms with E-state index in [1.807, 2.05) is 17.0 Å². The maximum Gasteiger partial charge on any atom is 0.224 e. The monoisotopic (exact) mass is 336 g/mol. The van der Waals surface area contributed by atoms with E-state index in [9.17, 15) is 4.79 Å². The molecular formula is C16H20N2O2S2. The summed E-state index contributed by atoms with van der Waals surface area (Å²) >= 11 is 3.39. The lowest BCUT2D eigenvalue weighted by atomic mass is 10.1. The fourth-order valence-electron chi connectivity index (χ4n) is 2.50. The Morgan fingerprint density at radius 2 is 1.91 bits per heavy atom. The van der Waals surface area contributed by atoms with E-state index >= 15 is 0 Å². The summed E-state index contributed by atoms with van der Waals surface area (Å²) in [6.07, 6.45) is 0.497. The van der Waals surface area contributed by atoms with Crippen molar-refractivity contribution >= 4 is 28.6 Å². The summed E-state index contributed by atoms with van der Waals surface area (Å²) in [6.45, 7) is 3.55. The second kappa shape index (κ2) is 7.87. The lowest BCUT2D eigenvalue weighted by molar-refractivity contribution is -0.133. The molecule has 1 unspecified atom stereocenters. The largest absolute Gasteiger partial charge is 0.378 e. The number of nitrogens with one attached hydrogen (secondary N) is 1. The predicted octanol–water partition coefficient (Wildman–Crippen LogP) is 2.72. The van der Waals surface area contributed by atoms with Crippen LogP contribution in [0.2, 0.25) is 0 Å². The van der Waals surface area contributed by atoms with Crippen molar-refractivity contribution in [2.45, 2.75) is 25.6 Å². The molecule has 1 fully saturated rings. The van der Waals surface area contributed by atoms with Gasteiger partial charge in [0.15, 0.2) is 0 Å². The van der Waals surface area contributed by atoms with E-state index in [4.69, 9.17) is 4.74 Å². The molecule has 0 aliphatic carbocycles. The van der Waals surface area contributed by atoms with Gasteiger partial charge < -0.3 is 15.0 Å². The number of nitrogens with zero attached hydrogens (tertiary/aromatic N) is 1. The molecule has 3 heterocycles. The number of thiophene rings is 2. The van der Waals surface area contributed by atoms with Crippen LogP contribution in [-0.4, -0.2) is 36.6 Å². The van der Waals surface area contributed by atoms with Gasteiger partial charge in [-0.3, -0.25) is 4.79 Å². The topological polar surface area (TPSA) is 41.6 Å². The van der Waals surface area contributed by atoms with Gasteiger partial charge in [-0.15, -0.1) is 22.7 Å². The molecule has 1 N–H and O–H groups in total. The van der Waals surface area contributed by atoms with Gasteiger partial charge in [0.2, 0.25) is 5.91 Å². The van der Waals surface area contributed by atoms with Crippen LogP contribution < -0.4 is 5.32 Å². The Morgan fingerprint density at radius 3 is 2.41 bits per heavy atom. The molecule has 118 valence electrons. The molecule has 1 saturated heterocycles. The summed E-state index contributed by atoms with van der Waals surface area (Å²) in [7, 11) is 0. The average molecular weight is 336 g/mol. The fraction of sp³-hybridized carbons (Fsp3) is 0.438. The first-order valence-corrected chi connectivity index (χ1v) is 9.21. The molecule has 0 aromatic carbocycles. The Morgan fingerprint density at radius 1 is 1.23 bits per heavy atom. The maximum atomic E-state index is 12.7. The molecule has 0 saturated carbocycles. The molecule has 3 rings (SSSR count). The number of amides is 1. The van der Waals surface area contributed by atoms with Gasteiger partial charge in [-0.05, 0) is 22.9 Å². The second-order valence-electron chi connectivity index (χ2n) is 5.34. The molecule has 6 heteroatoms. The van der Waals surface area contributed by atoms with Crippen LogP contribution >= 0.6 is 22.7 Å². The van der Waals surface area contributed by atoms with Crippen molar-refractivity contribution in [3.8, 4) is 0 Å². The summed E-state index contributed by atoms with van der Waals surface area (Å²) < 4.78 is 5.45. The first kappa shape index (κ1) is 15.7. The van der Waals surface area contributed by atoms with E-state index in [-0.39, 0.29) is 11.9 Å². The van der Waals surface area contributed by atoms with Crippen molar-refractivity contribution in [2.24, 2.45) is 0 Å². The van der Waals surface area contributed by atoms with Crippen LogP contribution in [0.3, 0.4) is 0 Å². The van der Waals surface area contributed by atoms with E-state index < -0.39 is 0 Å². The molecule has 1 atom stereocenters. The lowest BCUT2D eigenvalue weighted by Gasteiger charge is -2.27. The predicted molar refractivity (Wildman–Crippen MR) is 90.1 cm³/mol. The number of ether oxygens (including phenoxy) is 1. The average Bonchev–Trinajstić information content (AvgIpc) is 3.21. The van der Waals surface area contributed by atoms with Crippen molar-refractivity contribution in [1.29, 1.82) is 0 Å². The van der Waals surface area contributed by atoms with Crippen LogP contribution in [0.4, 0.5) is 0 Å². The van der Waals surface area contributed by atoms with Crippen LogP contribution in [0.1, 0.15) is 16.2 Å². The van der Waals surface area contributed by atoms with Gasteiger partial charge >= 0.3 is 0 Å². The number of rotatable bonds is 6. The highest BCUT2D eigenvalue weighted by Crippen LogP contribution is 2.18. The third-order valence-corrected chi connectivity index (χ3v) is 5.35. The van der Waals surface area contributed by atoms with E-state index in [0.29, 0.717) is 26.1 Å². The van der Waals surface area contributed by atoms with Crippen molar-refractivity contribution in [3.63, 3.8) is 0 Å². The molecule has 1 aliphatic heterocycles. The quantitative estimate of drug-likeness (QED) is 0.882. The molecule has 1 aliphatic rings. The zero-order chi connectivity index (χ0) is 15.2. The van der Waals surface area contributed by atoms with Crippen molar-refractivity contribution in [1.82, 2.24) is 10.2 Å². The van der Waals surface area contributed by atoms with Crippen LogP contribution in [0.25, 0.3) is 0 Å². The van der Waals surface area contributed by atoms with Crippen LogP contribution in [0.5, 0.6) is 0 Å². The van der Waals surface area contributed by atoms with Crippen molar-refractivity contribution < 1.29 is 9.53 Å². The first-order chi connectivity index (χ1) is 10.8. The van der Waals surface area contributed by atoms with Gasteiger partial charge in [0, 0.05) is 28.8 Å². The lowest BCUT2D eigenvalue weighted by Crippen LogP contribution is -2.44. The number of carbonyl (C=O) groups is 1. The number of carbonyl (C=O) groups excluding carboxylic acids is 1. The van der Waals surface area contributed by atoms with Crippen LogP contribution in [0, 0.1) is 0 Å². The molecule has 0 spiro atoms. The molecular weight excluding hydrogens is 316 g/mol. The minimum absolute atomic E-state index is 0.135. The van der Waals surface area contributed by atoms with E-state index in [1.54, 1.807) is 22.7 Å². The van der Waals surface area contributed by atoms with E-state index in [1.165, 1.54) is 9.75 Å². The molecule has 22 heavy (non-hydrogen) atoms. The normalized spacial score (nSPS) is 18.3. The second-order valence-corrected chi connectivity index (χ2v) is 7.40. The summed E-state index contributed by atoms with van der Waals surface area (Å²) in [5.41, 5.74) is 0. The van der Waals surface area contributed by atoms with Gasteiger partial charge in [-0.25, -0.2) is 0 Å². The Hall–Kier alpha value is -1.21. The molecule has 4 nitrogen and oxygen atoms in total. The van der Waals surface area contributed by atoms with Gasteiger partial charge in [0.25, 0.3) is 0 Å². The van der Waals surface area contributed by atoms with Gasteiger partial charge in [0.1, 0.15) is 0 Å². The zero-order valence-corrected chi connectivity index (χ0v) is 14.0. The van der Waals surface area contributed by atoms with Crippen molar-refractivity contribution in [2.75, 3.05) is 19.8 Å². The summed E-state index contributed by atoms with van der Waals surface area (Å²) in [5.74, 6) is 0.185. The fourth-order valence-corrected chi connectivity index (χ4v) is 3.94. The summed E-state index contributed by atoms with van der Waals surface area (Å²) in [5, 5.41) is 7.47. The smallest absolute Gasteiger partial charge is 0.224 e. The van der Waals surface area contributed by atoms with Gasteiger partial charge in [-0.2, -0.15) is 0 Å². The highest BCUT2D eigenvalue weighted by atomic mass is 32.1. The third kappa shape index (κ3) is 4.39. The maximum absolute atomic E-state index is 12.7. The number of hydrogen-bond acceptors (Lipinski definition) is 5. The van der Waals surface area contributed by atoms with Gasteiger partial charge in [-0.1, -0.05) is 12.1 Å². The number of morpholine rings is 1. The Kier molecular flexibility index (Phi) is 5.61. The Balaban J connectivity index is 1.64. The van der Waals surface area contributed by atoms with E-state index in [0.717, 1.165) is 13.2 Å². The molecule has 1 amide bonds. The minimum atomic E-state index is 0.135. The third-order valence-electron chi connectivity index (χ3n) is 3.63. The molecule has 0 radical (unpaired) electrons. The first-order valence-electron chi connectivity index (χ1n) is 7.45. The zero-order valence-electron chi connectivity index (χ0n) is 12.4. The van der Waals surface area contributed by atoms with E-state index in [2.05, 4.69) is 28.2 Å². The van der Waals surface area contributed by atoms with Crippen molar-refractivity contribution in [3.05, 3.63) is 44.8 Å². The highest BCUT2D eigenvalue weighted by molar-refractivity contribution is 7.10. The van der Waals surface area contributed by atoms with Gasteiger partial charge in [0.05, 0.1) is 26.3 Å². The number of hydrogen-bond donors (Lipinski definition) is 1. The minimum Gasteiger partial charge on any atom is -0.378 e. The van der Waals surface area contributed by atoms with Crippen LogP contribution in [-0.2, 0) is 22.6 Å². The standard InChI is InChI=1S/C16H20N2O2S2/c19-16(9-13-12-20-6-5-17-13)18(10-14-3-1-7-21-14)11-15-4-2-8-22-15/h1-4,7-8,13,17H,5-6,9-12H2. The summed E-state index contributed by atoms with van der Waals surface area (Å²) in [6, 6.07) is 8.37.